The summed E-state index contributed by atoms with van der Waals surface area (Å²) in [6.07, 6.45) is 2.20. The molecule has 2 heterocycles. The van der Waals surface area contributed by atoms with Gasteiger partial charge in [-0.3, -0.25) is 9.52 Å². The first kappa shape index (κ1) is 16.4. The Bertz CT molecular complexity index is 909. The van der Waals surface area contributed by atoms with E-state index in [4.69, 9.17) is 0 Å². The van der Waals surface area contributed by atoms with Gasteiger partial charge in [0.2, 0.25) is 5.91 Å². The zero-order valence-corrected chi connectivity index (χ0v) is 14.6. The van der Waals surface area contributed by atoms with E-state index in [1.807, 2.05) is 13.8 Å². The van der Waals surface area contributed by atoms with Crippen LogP contribution in [0.2, 0.25) is 0 Å². The van der Waals surface area contributed by atoms with E-state index in [2.05, 4.69) is 9.71 Å². The first-order chi connectivity index (χ1) is 11.3. The highest BCUT2D eigenvalue weighted by molar-refractivity contribution is 7.92. The van der Waals surface area contributed by atoms with Gasteiger partial charge >= 0.3 is 0 Å². The summed E-state index contributed by atoms with van der Waals surface area (Å²) in [4.78, 5) is 17.7. The van der Waals surface area contributed by atoms with E-state index < -0.39 is 10.0 Å². The zero-order valence-electron chi connectivity index (χ0n) is 13.8. The second-order valence-corrected chi connectivity index (χ2v) is 7.74. The van der Waals surface area contributed by atoms with Crippen LogP contribution in [0.1, 0.15) is 25.0 Å². The molecule has 1 unspecified atom stereocenters. The molecule has 1 amide bonds. The second kappa shape index (κ2) is 5.90. The van der Waals surface area contributed by atoms with Gasteiger partial charge in [0, 0.05) is 24.8 Å². The van der Waals surface area contributed by atoms with Crippen molar-refractivity contribution in [1.82, 2.24) is 4.98 Å². The summed E-state index contributed by atoms with van der Waals surface area (Å²) >= 11 is 0. The van der Waals surface area contributed by atoms with Gasteiger partial charge in [0.05, 0.1) is 4.90 Å². The van der Waals surface area contributed by atoms with Crippen molar-refractivity contribution in [2.45, 2.75) is 38.1 Å². The van der Waals surface area contributed by atoms with Crippen molar-refractivity contribution in [2.75, 3.05) is 9.62 Å². The predicted molar refractivity (Wildman–Crippen MR) is 92.6 cm³/mol. The molecule has 0 bridgehead atoms. The Labute approximate surface area is 141 Å². The molecule has 0 radical (unpaired) electrons. The Morgan fingerprint density at radius 2 is 2.04 bits per heavy atom. The summed E-state index contributed by atoms with van der Waals surface area (Å²) in [6.45, 7) is 5.33. The van der Waals surface area contributed by atoms with E-state index in [9.17, 15) is 13.2 Å². The summed E-state index contributed by atoms with van der Waals surface area (Å²) in [7, 11) is -3.72. The number of aromatic nitrogens is 1. The lowest BCUT2D eigenvalue weighted by Gasteiger charge is -2.20. The van der Waals surface area contributed by atoms with Crippen LogP contribution in [0.5, 0.6) is 0 Å². The molecule has 1 aliphatic rings. The number of fused-ring (bicyclic) bond motifs is 1. The quantitative estimate of drug-likeness (QED) is 0.927. The van der Waals surface area contributed by atoms with Crippen molar-refractivity contribution in [3.63, 3.8) is 0 Å². The molecule has 6 nitrogen and oxygen atoms in total. The Kier molecular flexibility index (Phi) is 4.04. The number of hydrogen-bond donors (Lipinski definition) is 1. The highest BCUT2D eigenvalue weighted by Crippen LogP contribution is 2.34. The number of pyridine rings is 1. The van der Waals surface area contributed by atoms with Crippen LogP contribution in [-0.2, 0) is 21.2 Å². The lowest BCUT2D eigenvalue weighted by atomic mass is 10.1. The number of sulfonamides is 1. The lowest BCUT2D eigenvalue weighted by Crippen LogP contribution is -2.33. The van der Waals surface area contributed by atoms with Crippen LogP contribution < -0.4 is 9.62 Å². The van der Waals surface area contributed by atoms with Gasteiger partial charge in [-0.15, -0.1) is 0 Å². The number of nitrogens with zero attached hydrogens (tertiary/aromatic N) is 2. The van der Waals surface area contributed by atoms with Crippen molar-refractivity contribution in [3.05, 3.63) is 47.7 Å². The average Bonchev–Trinajstić information content (AvgIpc) is 2.81. The van der Waals surface area contributed by atoms with Crippen LogP contribution in [0, 0.1) is 6.92 Å². The van der Waals surface area contributed by atoms with Gasteiger partial charge < -0.3 is 4.90 Å². The lowest BCUT2D eigenvalue weighted by molar-refractivity contribution is -0.116. The molecule has 0 aliphatic carbocycles. The molecule has 0 fully saturated rings. The fourth-order valence-corrected chi connectivity index (χ4v) is 4.09. The Hall–Kier alpha value is -2.41. The molecule has 3 rings (SSSR count). The SMILES string of the molecule is CC(=O)N1c2ccc(S(=O)(=O)Nc3cc(C)ccn3)cc2CC1C. The van der Waals surface area contributed by atoms with E-state index in [0.29, 0.717) is 6.42 Å². The van der Waals surface area contributed by atoms with Crippen molar-refractivity contribution < 1.29 is 13.2 Å². The molecule has 1 aromatic heterocycles. The third-order valence-electron chi connectivity index (χ3n) is 4.07. The monoisotopic (exact) mass is 345 g/mol. The molecule has 7 heteroatoms. The van der Waals surface area contributed by atoms with Crippen LogP contribution in [0.3, 0.4) is 0 Å². The fourth-order valence-electron chi connectivity index (χ4n) is 3.04. The largest absolute Gasteiger partial charge is 0.309 e. The van der Waals surface area contributed by atoms with Gasteiger partial charge in [0.1, 0.15) is 5.82 Å². The van der Waals surface area contributed by atoms with Crippen molar-refractivity contribution in [2.24, 2.45) is 0 Å². The summed E-state index contributed by atoms with van der Waals surface area (Å²) in [5, 5.41) is 0. The summed E-state index contributed by atoms with van der Waals surface area (Å²) in [5.41, 5.74) is 2.56. The van der Waals surface area contributed by atoms with Gasteiger partial charge in [-0.1, -0.05) is 0 Å². The Morgan fingerprint density at radius 1 is 1.29 bits per heavy atom. The zero-order chi connectivity index (χ0) is 17.5. The highest BCUT2D eigenvalue weighted by atomic mass is 32.2. The van der Waals surface area contributed by atoms with Crippen molar-refractivity contribution in [1.29, 1.82) is 0 Å². The highest BCUT2D eigenvalue weighted by Gasteiger charge is 2.30. The van der Waals surface area contributed by atoms with Crippen LogP contribution in [0.15, 0.2) is 41.4 Å². The van der Waals surface area contributed by atoms with E-state index >= 15 is 0 Å². The van der Waals surface area contributed by atoms with Crippen molar-refractivity contribution in [3.8, 4) is 0 Å². The smallest absolute Gasteiger partial charge is 0.263 e. The van der Waals surface area contributed by atoms with Gasteiger partial charge in [0.25, 0.3) is 10.0 Å². The minimum Gasteiger partial charge on any atom is -0.309 e. The molecule has 1 N–H and O–H groups in total. The molecule has 0 saturated carbocycles. The molecule has 0 spiro atoms. The molecular weight excluding hydrogens is 326 g/mol. The van der Waals surface area contributed by atoms with E-state index in [0.717, 1.165) is 16.8 Å². The fraction of sp³-hybridized carbons (Fsp3) is 0.294. The number of nitrogens with one attached hydrogen (secondary N) is 1. The normalized spacial score (nSPS) is 16.8. The second-order valence-electron chi connectivity index (χ2n) is 6.06. The third-order valence-corrected chi connectivity index (χ3v) is 5.42. The maximum atomic E-state index is 12.6. The first-order valence-corrected chi connectivity index (χ1v) is 9.14. The standard InChI is InChI=1S/C17H19N3O3S/c1-11-6-7-18-17(8-11)19-24(22,23)15-4-5-16-14(10-15)9-12(2)20(16)13(3)21/h4-8,10,12H,9H2,1-3H3,(H,18,19). The molecule has 126 valence electrons. The minimum absolute atomic E-state index is 0.0295. The molecule has 1 aromatic carbocycles. The first-order valence-electron chi connectivity index (χ1n) is 7.66. The molecular formula is C17H19N3O3S. The maximum absolute atomic E-state index is 12.6. The van der Waals surface area contributed by atoms with Gasteiger partial charge in [0.15, 0.2) is 0 Å². The topological polar surface area (TPSA) is 79.4 Å². The van der Waals surface area contributed by atoms with Gasteiger partial charge in [-0.25, -0.2) is 13.4 Å². The minimum atomic E-state index is -3.72. The number of benzene rings is 1. The molecule has 0 saturated heterocycles. The predicted octanol–water partition coefficient (Wildman–Crippen LogP) is 2.49. The maximum Gasteiger partial charge on any atom is 0.263 e. The Balaban J connectivity index is 1.93. The number of aryl methyl sites for hydroxylation is 1. The van der Waals surface area contributed by atoms with Crippen LogP contribution in [0.4, 0.5) is 11.5 Å². The van der Waals surface area contributed by atoms with Crippen LogP contribution >= 0.6 is 0 Å². The number of rotatable bonds is 3. The van der Waals surface area contributed by atoms with Crippen LogP contribution in [0.25, 0.3) is 0 Å². The molecule has 1 atom stereocenters. The summed E-state index contributed by atoms with van der Waals surface area (Å²) in [6, 6.07) is 8.34. The number of hydrogen-bond acceptors (Lipinski definition) is 4. The van der Waals surface area contributed by atoms with E-state index in [1.165, 1.54) is 13.0 Å². The van der Waals surface area contributed by atoms with Crippen LogP contribution in [-0.4, -0.2) is 25.4 Å². The molecule has 2 aromatic rings. The average molecular weight is 345 g/mol. The van der Waals surface area contributed by atoms with Gasteiger partial charge in [-0.05, 0) is 61.7 Å². The summed E-state index contributed by atoms with van der Waals surface area (Å²) in [5.74, 6) is 0.244. The van der Waals surface area contributed by atoms with E-state index in [-0.39, 0.29) is 22.7 Å². The number of carbonyl (C=O) groups excluding carboxylic acids is 1. The molecule has 1 aliphatic heterocycles. The number of anilines is 2. The van der Waals surface area contributed by atoms with Gasteiger partial charge in [-0.2, -0.15) is 0 Å². The molecule has 24 heavy (non-hydrogen) atoms. The Morgan fingerprint density at radius 3 is 2.71 bits per heavy atom. The van der Waals surface area contributed by atoms with E-state index in [1.54, 1.807) is 35.4 Å². The van der Waals surface area contributed by atoms with Crippen molar-refractivity contribution >= 4 is 27.4 Å². The number of carbonyl (C=O) groups is 1. The third kappa shape index (κ3) is 2.99. The number of amides is 1. The summed E-state index contributed by atoms with van der Waals surface area (Å²) < 4.78 is 27.6.